The van der Waals surface area contributed by atoms with E-state index in [9.17, 15) is 4.79 Å². The maximum absolute atomic E-state index is 11.3. The monoisotopic (exact) mass is 282 g/mol. The van der Waals surface area contributed by atoms with E-state index in [1.165, 1.54) is 26.4 Å². The van der Waals surface area contributed by atoms with Gasteiger partial charge < -0.3 is 4.74 Å². The molecule has 0 N–H and O–H groups in total. The van der Waals surface area contributed by atoms with Gasteiger partial charge in [0, 0.05) is 4.43 Å². The van der Waals surface area contributed by atoms with Crippen LogP contribution < -0.4 is 0 Å². The number of methoxy groups -OCH3 is 1. The van der Waals surface area contributed by atoms with Crippen molar-refractivity contribution in [3.05, 3.63) is 0 Å². The van der Waals surface area contributed by atoms with Gasteiger partial charge >= 0.3 is 5.97 Å². The molecule has 1 rings (SSSR count). The summed E-state index contributed by atoms with van der Waals surface area (Å²) < 4.78 is 5.86. The third-order valence-corrected chi connectivity index (χ3v) is 3.74. The molecule has 2 nitrogen and oxygen atoms in total. The quantitative estimate of drug-likeness (QED) is 0.441. The summed E-state index contributed by atoms with van der Waals surface area (Å²) in [4.78, 5) is 11.3. The van der Waals surface area contributed by atoms with Gasteiger partial charge in [-0.15, -0.1) is 0 Å². The Balaban J connectivity index is 2.52. The number of carbonyl (C=O) groups excluding carboxylic acids is 1. The lowest BCUT2D eigenvalue weighted by atomic mass is 9.80. The van der Waals surface area contributed by atoms with Gasteiger partial charge in [0.2, 0.25) is 0 Å². The molecule has 12 heavy (non-hydrogen) atoms. The Morgan fingerprint density at radius 1 is 1.50 bits per heavy atom. The molecule has 0 aliphatic heterocycles. The molecule has 1 aliphatic rings. The van der Waals surface area contributed by atoms with Crippen molar-refractivity contribution in [2.24, 2.45) is 11.8 Å². The van der Waals surface area contributed by atoms with Crippen LogP contribution in [0.3, 0.4) is 0 Å². The molecular formula is C9H15IO2. The summed E-state index contributed by atoms with van der Waals surface area (Å²) in [5.41, 5.74) is 0. The average molecular weight is 282 g/mol. The summed E-state index contributed by atoms with van der Waals surface area (Å²) in [7, 11) is 1.49. The van der Waals surface area contributed by atoms with Crippen molar-refractivity contribution in [2.45, 2.75) is 25.7 Å². The molecule has 0 amide bonds. The maximum atomic E-state index is 11.3. The molecule has 0 bridgehead atoms. The number of rotatable bonds is 2. The van der Waals surface area contributed by atoms with Gasteiger partial charge in [-0.05, 0) is 18.8 Å². The second kappa shape index (κ2) is 5.04. The van der Waals surface area contributed by atoms with Crippen molar-refractivity contribution in [2.75, 3.05) is 11.5 Å². The van der Waals surface area contributed by atoms with E-state index in [-0.39, 0.29) is 11.9 Å². The van der Waals surface area contributed by atoms with Crippen LogP contribution in [0.5, 0.6) is 0 Å². The molecule has 0 aromatic heterocycles. The van der Waals surface area contributed by atoms with E-state index >= 15 is 0 Å². The Hall–Kier alpha value is 0.200. The number of esters is 1. The highest BCUT2D eigenvalue weighted by atomic mass is 127. The maximum Gasteiger partial charge on any atom is 0.308 e. The molecule has 0 saturated heterocycles. The number of carbonyl (C=O) groups is 1. The van der Waals surface area contributed by atoms with Crippen LogP contribution >= 0.6 is 22.6 Å². The van der Waals surface area contributed by atoms with Gasteiger partial charge in [0.15, 0.2) is 0 Å². The normalized spacial score (nSPS) is 29.8. The summed E-state index contributed by atoms with van der Waals surface area (Å²) in [6.07, 6.45) is 4.69. The van der Waals surface area contributed by atoms with E-state index in [2.05, 4.69) is 22.6 Å². The molecule has 2 atom stereocenters. The van der Waals surface area contributed by atoms with Gasteiger partial charge in [0.25, 0.3) is 0 Å². The fraction of sp³-hybridized carbons (Fsp3) is 0.889. The standard InChI is InChI=1S/C9H15IO2/c1-12-9(11)8-5-3-2-4-7(8)6-10/h7-8H,2-6H2,1H3. The van der Waals surface area contributed by atoms with Crippen LogP contribution in [-0.2, 0) is 9.53 Å². The van der Waals surface area contributed by atoms with Crippen molar-refractivity contribution in [3.8, 4) is 0 Å². The zero-order valence-electron chi connectivity index (χ0n) is 7.38. The lowest BCUT2D eigenvalue weighted by Gasteiger charge is -2.27. The smallest absolute Gasteiger partial charge is 0.308 e. The number of ether oxygens (including phenoxy) is 1. The molecule has 0 radical (unpaired) electrons. The Bertz CT molecular complexity index is 159. The van der Waals surface area contributed by atoms with Gasteiger partial charge in [0.1, 0.15) is 0 Å². The van der Waals surface area contributed by atoms with Crippen LogP contribution in [0.1, 0.15) is 25.7 Å². The van der Waals surface area contributed by atoms with E-state index in [0.29, 0.717) is 5.92 Å². The van der Waals surface area contributed by atoms with Crippen molar-refractivity contribution in [1.29, 1.82) is 0 Å². The molecule has 1 fully saturated rings. The number of halogens is 1. The first-order valence-corrected chi connectivity index (χ1v) is 5.96. The fourth-order valence-corrected chi connectivity index (χ4v) is 2.91. The van der Waals surface area contributed by atoms with E-state index in [1.54, 1.807) is 0 Å². The molecule has 1 saturated carbocycles. The van der Waals surface area contributed by atoms with E-state index in [1.807, 2.05) is 0 Å². The van der Waals surface area contributed by atoms with Crippen LogP contribution in [0.4, 0.5) is 0 Å². The van der Waals surface area contributed by atoms with Gasteiger partial charge in [-0.3, -0.25) is 4.79 Å². The van der Waals surface area contributed by atoms with Gasteiger partial charge in [-0.1, -0.05) is 35.4 Å². The molecule has 70 valence electrons. The Morgan fingerprint density at radius 3 is 2.75 bits per heavy atom. The van der Waals surface area contributed by atoms with Crippen LogP contribution in [0, 0.1) is 11.8 Å². The lowest BCUT2D eigenvalue weighted by Crippen LogP contribution is -2.29. The summed E-state index contributed by atoms with van der Waals surface area (Å²) in [6, 6.07) is 0. The first-order valence-electron chi connectivity index (χ1n) is 4.43. The Labute approximate surface area is 87.2 Å². The van der Waals surface area contributed by atoms with Crippen molar-refractivity contribution < 1.29 is 9.53 Å². The van der Waals surface area contributed by atoms with E-state index in [4.69, 9.17) is 4.74 Å². The number of alkyl halides is 1. The third-order valence-electron chi connectivity index (χ3n) is 2.61. The molecule has 0 aromatic rings. The highest BCUT2D eigenvalue weighted by Gasteiger charge is 2.30. The predicted octanol–water partition coefficient (Wildman–Crippen LogP) is 2.40. The Morgan fingerprint density at radius 2 is 2.17 bits per heavy atom. The fourth-order valence-electron chi connectivity index (χ4n) is 1.85. The van der Waals surface area contributed by atoms with Crippen molar-refractivity contribution in [3.63, 3.8) is 0 Å². The minimum Gasteiger partial charge on any atom is -0.469 e. The van der Waals surface area contributed by atoms with Crippen LogP contribution in [0.2, 0.25) is 0 Å². The minimum atomic E-state index is -0.00336. The average Bonchev–Trinajstić information content (AvgIpc) is 2.16. The molecule has 1 aliphatic carbocycles. The zero-order chi connectivity index (χ0) is 8.97. The first-order chi connectivity index (χ1) is 5.79. The largest absolute Gasteiger partial charge is 0.469 e. The third kappa shape index (κ3) is 2.34. The SMILES string of the molecule is COC(=O)C1CCCCC1CI. The molecule has 0 aromatic carbocycles. The molecule has 0 spiro atoms. The van der Waals surface area contributed by atoms with E-state index < -0.39 is 0 Å². The second-order valence-corrected chi connectivity index (χ2v) is 4.21. The predicted molar refractivity (Wildman–Crippen MR) is 56.4 cm³/mol. The van der Waals surface area contributed by atoms with Crippen molar-refractivity contribution >= 4 is 28.6 Å². The summed E-state index contributed by atoms with van der Waals surface area (Å²) >= 11 is 2.36. The molecule has 3 heteroatoms. The van der Waals surface area contributed by atoms with Crippen LogP contribution in [0.15, 0.2) is 0 Å². The van der Waals surface area contributed by atoms with Gasteiger partial charge in [0.05, 0.1) is 13.0 Å². The Kier molecular flexibility index (Phi) is 4.32. The van der Waals surface area contributed by atoms with Gasteiger partial charge in [-0.25, -0.2) is 0 Å². The molecular weight excluding hydrogens is 267 g/mol. The highest BCUT2D eigenvalue weighted by molar-refractivity contribution is 14.1. The van der Waals surface area contributed by atoms with Crippen LogP contribution in [0.25, 0.3) is 0 Å². The van der Waals surface area contributed by atoms with Crippen LogP contribution in [-0.4, -0.2) is 17.5 Å². The zero-order valence-corrected chi connectivity index (χ0v) is 9.54. The molecule has 2 unspecified atom stereocenters. The topological polar surface area (TPSA) is 26.3 Å². The minimum absolute atomic E-state index is 0.00336. The number of hydrogen-bond acceptors (Lipinski definition) is 2. The highest BCUT2D eigenvalue weighted by Crippen LogP contribution is 2.31. The van der Waals surface area contributed by atoms with Crippen molar-refractivity contribution in [1.82, 2.24) is 0 Å². The first kappa shape index (κ1) is 10.3. The lowest BCUT2D eigenvalue weighted by molar-refractivity contribution is -0.148. The van der Waals surface area contributed by atoms with Gasteiger partial charge in [-0.2, -0.15) is 0 Å². The summed E-state index contributed by atoms with van der Waals surface area (Å²) in [6.45, 7) is 0. The molecule has 0 heterocycles. The van der Waals surface area contributed by atoms with E-state index in [0.717, 1.165) is 10.8 Å². The number of hydrogen-bond donors (Lipinski definition) is 0. The second-order valence-electron chi connectivity index (χ2n) is 3.33. The summed E-state index contributed by atoms with van der Waals surface area (Å²) in [5, 5.41) is 0. The summed E-state index contributed by atoms with van der Waals surface area (Å²) in [5.74, 6) is 0.740.